The summed E-state index contributed by atoms with van der Waals surface area (Å²) in [5.41, 5.74) is -0.365. The van der Waals surface area contributed by atoms with Gasteiger partial charge in [-0.15, -0.1) is 0 Å². The number of likely N-dealkylation sites (tertiary alicyclic amines) is 2. The maximum Gasteiger partial charge on any atom is 0.410 e. The Kier molecular flexibility index (Phi) is 5.02. The van der Waals surface area contributed by atoms with Crippen molar-refractivity contribution in [2.75, 3.05) is 32.8 Å². The van der Waals surface area contributed by atoms with Crippen molar-refractivity contribution >= 4 is 12.0 Å². The first-order valence-electron chi connectivity index (χ1n) is 9.61. The molecule has 2 atom stereocenters. The maximum atomic E-state index is 12.5. The Bertz CT molecular complexity index is 520. The summed E-state index contributed by atoms with van der Waals surface area (Å²) in [6, 6.07) is 0.229. The molecule has 0 aliphatic carbocycles. The minimum absolute atomic E-state index is 0.100. The number of ether oxygens (including phenoxy) is 2. The zero-order valence-corrected chi connectivity index (χ0v) is 16.0. The molecule has 142 valence electrons. The van der Waals surface area contributed by atoms with Crippen molar-refractivity contribution in [2.24, 2.45) is 11.3 Å². The van der Waals surface area contributed by atoms with Gasteiger partial charge in [-0.3, -0.25) is 4.79 Å². The van der Waals surface area contributed by atoms with E-state index in [9.17, 15) is 9.59 Å². The second kappa shape index (κ2) is 6.78. The molecule has 3 fully saturated rings. The Balaban J connectivity index is 1.66. The van der Waals surface area contributed by atoms with Gasteiger partial charge in [0.2, 0.25) is 5.91 Å². The van der Waals surface area contributed by atoms with Crippen LogP contribution in [-0.4, -0.2) is 66.3 Å². The van der Waals surface area contributed by atoms with Gasteiger partial charge in [0.1, 0.15) is 5.60 Å². The highest BCUT2D eigenvalue weighted by atomic mass is 16.6. The standard InChI is InChI=1S/C19H32N2O4/c1-5-6-16(22)21-13-19(14-11-24-12-15(14)21)7-9-20(10-8-19)17(23)25-18(2,3)4/h14-15H,5-13H2,1-4H3/t14-,15+/m1/s1. The summed E-state index contributed by atoms with van der Waals surface area (Å²) in [5, 5.41) is 0. The van der Waals surface area contributed by atoms with E-state index in [1.165, 1.54) is 0 Å². The minimum atomic E-state index is -0.465. The predicted octanol–water partition coefficient (Wildman–Crippen LogP) is 2.66. The number of fused-ring (bicyclic) bond motifs is 2. The van der Waals surface area contributed by atoms with Gasteiger partial charge in [-0.25, -0.2) is 4.79 Å². The van der Waals surface area contributed by atoms with Crippen LogP contribution in [0.1, 0.15) is 53.4 Å². The van der Waals surface area contributed by atoms with Crippen LogP contribution in [0, 0.1) is 11.3 Å². The molecule has 0 aromatic carbocycles. The molecule has 2 amide bonds. The van der Waals surface area contributed by atoms with Crippen molar-refractivity contribution in [2.45, 2.75) is 65.0 Å². The van der Waals surface area contributed by atoms with E-state index in [1.807, 2.05) is 32.6 Å². The first kappa shape index (κ1) is 18.5. The largest absolute Gasteiger partial charge is 0.444 e. The molecule has 25 heavy (non-hydrogen) atoms. The second-order valence-corrected chi connectivity index (χ2v) is 8.81. The third kappa shape index (κ3) is 3.64. The lowest BCUT2D eigenvalue weighted by molar-refractivity contribution is -0.133. The first-order chi connectivity index (χ1) is 11.8. The molecule has 0 bridgehead atoms. The maximum absolute atomic E-state index is 12.5. The number of amides is 2. The number of hydrogen-bond acceptors (Lipinski definition) is 4. The summed E-state index contributed by atoms with van der Waals surface area (Å²) in [5.74, 6) is 0.670. The van der Waals surface area contributed by atoms with E-state index in [0.29, 0.717) is 32.0 Å². The van der Waals surface area contributed by atoms with Gasteiger partial charge in [-0.2, -0.15) is 0 Å². The van der Waals surface area contributed by atoms with Crippen LogP contribution in [0.4, 0.5) is 4.79 Å². The van der Waals surface area contributed by atoms with Gasteiger partial charge in [0.05, 0.1) is 19.3 Å². The lowest BCUT2D eigenvalue weighted by atomic mass is 9.70. The van der Waals surface area contributed by atoms with Gasteiger partial charge in [0.15, 0.2) is 0 Å². The van der Waals surface area contributed by atoms with E-state index in [4.69, 9.17) is 9.47 Å². The number of nitrogens with zero attached hydrogens (tertiary/aromatic N) is 2. The van der Waals surface area contributed by atoms with Crippen LogP contribution in [0.5, 0.6) is 0 Å². The van der Waals surface area contributed by atoms with Crippen LogP contribution in [-0.2, 0) is 14.3 Å². The molecule has 0 radical (unpaired) electrons. The summed E-state index contributed by atoms with van der Waals surface area (Å²) < 4.78 is 11.2. The Labute approximate surface area is 150 Å². The monoisotopic (exact) mass is 352 g/mol. The average molecular weight is 352 g/mol. The second-order valence-electron chi connectivity index (χ2n) is 8.81. The fraction of sp³-hybridized carbons (Fsp3) is 0.895. The van der Waals surface area contributed by atoms with E-state index in [1.54, 1.807) is 0 Å². The van der Waals surface area contributed by atoms with Gasteiger partial charge in [-0.1, -0.05) is 6.92 Å². The molecule has 3 aliphatic rings. The number of hydrogen-bond donors (Lipinski definition) is 0. The summed E-state index contributed by atoms with van der Waals surface area (Å²) in [4.78, 5) is 28.7. The third-order valence-corrected chi connectivity index (χ3v) is 5.92. The van der Waals surface area contributed by atoms with Crippen molar-refractivity contribution in [3.63, 3.8) is 0 Å². The molecular weight excluding hydrogens is 320 g/mol. The third-order valence-electron chi connectivity index (χ3n) is 5.92. The van der Waals surface area contributed by atoms with Gasteiger partial charge in [0.25, 0.3) is 0 Å². The Morgan fingerprint density at radius 3 is 2.48 bits per heavy atom. The van der Waals surface area contributed by atoms with Crippen LogP contribution in [0.15, 0.2) is 0 Å². The molecule has 1 spiro atoms. The van der Waals surface area contributed by atoms with Crippen molar-refractivity contribution in [3.05, 3.63) is 0 Å². The number of rotatable bonds is 2. The highest BCUT2D eigenvalue weighted by Gasteiger charge is 2.56. The summed E-state index contributed by atoms with van der Waals surface area (Å²) in [6.07, 6.45) is 3.12. The van der Waals surface area contributed by atoms with Gasteiger partial charge < -0.3 is 19.3 Å². The molecule has 0 N–H and O–H groups in total. The summed E-state index contributed by atoms with van der Waals surface area (Å²) in [6.45, 7) is 11.4. The molecule has 0 saturated carbocycles. The van der Waals surface area contributed by atoms with Crippen LogP contribution < -0.4 is 0 Å². The van der Waals surface area contributed by atoms with E-state index >= 15 is 0 Å². The van der Waals surface area contributed by atoms with Crippen LogP contribution in [0.3, 0.4) is 0 Å². The topological polar surface area (TPSA) is 59.1 Å². The fourth-order valence-corrected chi connectivity index (χ4v) is 4.63. The van der Waals surface area contributed by atoms with E-state index in [-0.39, 0.29) is 23.5 Å². The fourth-order valence-electron chi connectivity index (χ4n) is 4.63. The molecule has 6 nitrogen and oxygen atoms in total. The van der Waals surface area contributed by atoms with Crippen LogP contribution in [0.25, 0.3) is 0 Å². The normalized spacial score (nSPS) is 28.3. The molecule has 3 aliphatic heterocycles. The lowest BCUT2D eigenvalue weighted by Gasteiger charge is -2.42. The number of carbonyl (C=O) groups is 2. The minimum Gasteiger partial charge on any atom is -0.444 e. The number of carbonyl (C=O) groups excluding carboxylic acids is 2. The predicted molar refractivity (Wildman–Crippen MR) is 94.2 cm³/mol. The molecule has 6 heteroatoms. The van der Waals surface area contributed by atoms with E-state index in [0.717, 1.165) is 32.4 Å². The Morgan fingerprint density at radius 2 is 1.88 bits per heavy atom. The van der Waals surface area contributed by atoms with Crippen molar-refractivity contribution < 1.29 is 19.1 Å². The highest BCUT2D eigenvalue weighted by molar-refractivity contribution is 5.77. The van der Waals surface area contributed by atoms with Gasteiger partial charge in [-0.05, 0) is 45.4 Å². The van der Waals surface area contributed by atoms with Gasteiger partial charge in [0, 0.05) is 32.0 Å². The number of piperidine rings is 1. The zero-order chi connectivity index (χ0) is 18.2. The molecule has 3 saturated heterocycles. The molecular formula is C19H32N2O4. The highest BCUT2D eigenvalue weighted by Crippen LogP contribution is 2.50. The quantitative estimate of drug-likeness (QED) is 0.767. The van der Waals surface area contributed by atoms with Crippen LogP contribution >= 0.6 is 0 Å². The SMILES string of the molecule is CCCC(=O)N1CC2(CCN(C(=O)OC(C)(C)C)CC2)[C@@H]2COC[C@@H]21. The summed E-state index contributed by atoms with van der Waals surface area (Å²) in [7, 11) is 0. The Morgan fingerprint density at radius 1 is 1.20 bits per heavy atom. The zero-order valence-electron chi connectivity index (χ0n) is 16.0. The molecule has 0 aromatic rings. The molecule has 0 aromatic heterocycles. The van der Waals surface area contributed by atoms with Crippen molar-refractivity contribution in [1.82, 2.24) is 9.80 Å². The average Bonchev–Trinajstić information content (AvgIpc) is 3.10. The van der Waals surface area contributed by atoms with E-state index < -0.39 is 5.60 Å². The van der Waals surface area contributed by atoms with Crippen molar-refractivity contribution in [1.29, 1.82) is 0 Å². The van der Waals surface area contributed by atoms with Crippen molar-refractivity contribution in [3.8, 4) is 0 Å². The first-order valence-corrected chi connectivity index (χ1v) is 9.61. The lowest BCUT2D eigenvalue weighted by Crippen LogP contribution is -2.48. The van der Waals surface area contributed by atoms with E-state index in [2.05, 4.69) is 4.90 Å². The Hall–Kier alpha value is -1.30. The van der Waals surface area contributed by atoms with Gasteiger partial charge >= 0.3 is 6.09 Å². The molecule has 3 heterocycles. The van der Waals surface area contributed by atoms with Crippen LogP contribution in [0.2, 0.25) is 0 Å². The molecule has 3 rings (SSSR count). The smallest absolute Gasteiger partial charge is 0.410 e. The summed E-state index contributed by atoms with van der Waals surface area (Å²) >= 11 is 0. The molecule has 0 unspecified atom stereocenters.